The molecule has 0 saturated heterocycles. The van der Waals surface area contributed by atoms with Crippen molar-refractivity contribution < 1.29 is 18.3 Å². The predicted octanol–water partition coefficient (Wildman–Crippen LogP) is 1.26. The fourth-order valence-electron chi connectivity index (χ4n) is 1.14. The van der Waals surface area contributed by atoms with Gasteiger partial charge in [0.2, 0.25) is 0 Å². The van der Waals surface area contributed by atoms with Crippen LogP contribution in [0.2, 0.25) is 0 Å². The number of esters is 1. The van der Waals surface area contributed by atoms with E-state index in [-0.39, 0.29) is 5.69 Å². The van der Waals surface area contributed by atoms with E-state index in [2.05, 4.69) is 9.72 Å². The lowest BCUT2D eigenvalue weighted by molar-refractivity contribution is 0.0581. The Bertz CT molecular complexity index is 469. The first-order chi connectivity index (χ1) is 7.52. The molecule has 0 fully saturated rings. The van der Waals surface area contributed by atoms with Crippen LogP contribution in [-0.4, -0.2) is 18.1 Å². The van der Waals surface area contributed by atoms with E-state index in [4.69, 9.17) is 11.0 Å². The molecule has 1 aromatic rings. The molecule has 16 heavy (non-hydrogen) atoms. The van der Waals surface area contributed by atoms with Gasteiger partial charge in [-0.15, -0.1) is 0 Å². The van der Waals surface area contributed by atoms with Crippen molar-refractivity contribution in [1.29, 1.82) is 5.26 Å². The van der Waals surface area contributed by atoms with Gasteiger partial charge in [-0.2, -0.15) is 5.26 Å². The standard InChI is InChI=1S/C9H7F2N3O2/c1-16-9(15)7-6(8(10)11)4(2-12)5(13)3-14-7/h3,8H,13H2,1H3. The van der Waals surface area contributed by atoms with Crippen LogP contribution in [0.25, 0.3) is 0 Å². The van der Waals surface area contributed by atoms with E-state index in [1.807, 2.05) is 0 Å². The van der Waals surface area contributed by atoms with Crippen LogP contribution < -0.4 is 5.73 Å². The Hall–Kier alpha value is -2.23. The summed E-state index contributed by atoms with van der Waals surface area (Å²) in [6.45, 7) is 0. The third-order valence-electron chi connectivity index (χ3n) is 1.85. The van der Waals surface area contributed by atoms with Crippen molar-refractivity contribution in [3.8, 4) is 6.07 Å². The zero-order valence-corrected chi connectivity index (χ0v) is 8.20. The van der Waals surface area contributed by atoms with Crippen LogP contribution in [0.1, 0.15) is 28.0 Å². The van der Waals surface area contributed by atoms with Crippen molar-refractivity contribution >= 4 is 11.7 Å². The van der Waals surface area contributed by atoms with Gasteiger partial charge in [-0.3, -0.25) is 0 Å². The summed E-state index contributed by atoms with van der Waals surface area (Å²) in [6, 6.07) is 1.51. The van der Waals surface area contributed by atoms with Gasteiger partial charge in [0.1, 0.15) is 6.07 Å². The lowest BCUT2D eigenvalue weighted by Crippen LogP contribution is -2.12. The van der Waals surface area contributed by atoms with E-state index < -0.39 is 29.2 Å². The minimum atomic E-state index is -3.03. The number of nitrogens with zero attached hydrogens (tertiary/aromatic N) is 2. The summed E-state index contributed by atoms with van der Waals surface area (Å²) in [4.78, 5) is 14.6. The quantitative estimate of drug-likeness (QED) is 0.768. The Labute approximate surface area is 89.4 Å². The molecule has 2 N–H and O–H groups in total. The molecule has 0 saturated carbocycles. The number of hydrogen-bond acceptors (Lipinski definition) is 5. The van der Waals surface area contributed by atoms with Crippen LogP contribution in [0.3, 0.4) is 0 Å². The van der Waals surface area contributed by atoms with Crippen molar-refractivity contribution in [1.82, 2.24) is 4.98 Å². The van der Waals surface area contributed by atoms with Gasteiger partial charge in [0.15, 0.2) is 5.69 Å². The highest BCUT2D eigenvalue weighted by Gasteiger charge is 2.26. The second kappa shape index (κ2) is 4.53. The van der Waals surface area contributed by atoms with Crippen molar-refractivity contribution in [2.24, 2.45) is 0 Å². The Balaban J connectivity index is 3.53. The fourth-order valence-corrected chi connectivity index (χ4v) is 1.14. The number of nitrogen functional groups attached to an aromatic ring is 1. The Morgan fingerprint density at radius 3 is 2.75 bits per heavy atom. The van der Waals surface area contributed by atoms with Crippen LogP contribution >= 0.6 is 0 Å². The second-order valence-electron chi connectivity index (χ2n) is 2.75. The number of methoxy groups -OCH3 is 1. The maximum atomic E-state index is 12.7. The molecule has 5 nitrogen and oxygen atoms in total. The van der Waals surface area contributed by atoms with Gasteiger partial charge in [0.05, 0.1) is 30.1 Å². The summed E-state index contributed by atoms with van der Waals surface area (Å²) >= 11 is 0. The normalized spacial score (nSPS) is 9.94. The second-order valence-corrected chi connectivity index (χ2v) is 2.75. The molecule has 7 heteroatoms. The minimum Gasteiger partial charge on any atom is -0.464 e. The zero-order chi connectivity index (χ0) is 12.3. The molecular formula is C9H7F2N3O2. The lowest BCUT2D eigenvalue weighted by atomic mass is 10.1. The van der Waals surface area contributed by atoms with Crippen LogP contribution in [0, 0.1) is 11.3 Å². The topological polar surface area (TPSA) is 89.0 Å². The number of aromatic nitrogens is 1. The fraction of sp³-hybridized carbons (Fsp3) is 0.222. The molecule has 84 valence electrons. The van der Waals surface area contributed by atoms with E-state index in [0.717, 1.165) is 13.3 Å². The Morgan fingerprint density at radius 2 is 2.31 bits per heavy atom. The number of nitrogens with two attached hydrogens (primary N) is 1. The number of carbonyl (C=O) groups excluding carboxylic acids is 1. The highest BCUT2D eigenvalue weighted by molar-refractivity contribution is 5.90. The van der Waals surface area contributed by atoms with Crippen LogP contribution in [0.4, 0.5) is 14.5 Å². The molecule has 0 aliphatic carbocycles. The number of anilines is 1. The average molecular weight is 227 g/mol. The number of hydrogen-bond donors (Lipinski definition) is 1. The summed E-state index contributed by atoms with van der Waals surface area (Å²) in [5, 5.41) is 8.68. The van der Waals surface area contributed by atoms with E-state index >= 15 is 0 Å². The van der Waals surface area contributed by atoms with Crippen LogP contribution in [0.5, 0.6) is 0 Å². The maximum Gasteiger partial charge on any atom is 0.357 e. The van der Waals surface area contributed by atoms with Gasteiger partial charge in [0, 0.05) is 0 Å². The summed E-state index contributed by atoms with van der Waals surface area (Å²) in [5.41, 5.74) is 3.26. The molecule has 0 bridgehead atoms. The molecule has 1 rings (SSSR count). The SMILES string of the molecule is COC(=O)c1ncc(N)c(C#N)c1C(F)F. The highest BCUT2D eigenvalue weighted by Crippen LogP contribution is 2.28. The summed E-state index contributed by atoms with van der Waals surface area (Å²) in [5.74, 6) is -1.04. The lowest BCUT2D eigenvalue weighted by Gasteiger charge is -2.09. The molecule has 1 aromatic heterocycles. The number of rotatable bonds is 2. The molecule has 0 aliphatic heterocycles. The summed E-state index contributed by atoms with van der Waals surface area (Å²) in [7, 11) is 1.03. The van der Waals surface area contributed by atoms with Crippen molar-refractivity contribution in [3.05, 3.63) is 23.0 Å². The number of halogens is 2. The molecule has 1 heterocycles. The summed E-state index contributed by atoms with van der Waals surface area (Å²) in [6.07, 6.45) is -2.06. The number of pyridine rings is 1. The number of carbonyl (C=O) groups is 1. The number of alkyl halides is 2. The Morgan fingerprint density at radius 1 is 1.69 bits per heavy atom. The van der Waals surface area contributed by atoms with E-state index in [9.17, 15) is 13.6 Å². The third kappa shape index (κ3) is 1.91. The van der Waals surface area contributed by atoms with Gasteiger partial charge < -0.3 is 10.5 Å². The number of nitriles is 1. The van der Waals surface area contributed by atoms with Crippen molar-refractivity contribution in [2.75, 3.05) is 12.8 Å². The molecule has 0 atom stereocenters. The van der Waals surface area contributed by atoms with Crippen molar-refractivity contribution in [3.63, 3.8) is 0 Å². The molecule has 0 amide bonds. The van der Waals surface area contributed by atoms with Gasteiger partial charge in [-0.1, -0.05) is 0 Å². The Kier molecular flexibility index (Phi) is 3.35. The van der Waals surface area contributed by atoms with Crippen LogP contribution in [0.15, 0.2) is 6.20 Å². The predicted molar refractivity (Wildman–Crippen MR) is 49.7 cm³/mol. The smallest absolute Gasteiger partial charge is 0.357 e. The first-order valence-electron chi connectivity index (χ1n) is 4.07. The molecular weight excluding hydrogens is 220 g/mol. The van der Waals surface area contributed by atoms with Crippen LogP contribution in [-0.2, 0) is 4.74 Å². The average Bonchev–Trinajstić information content (AvgIpc) is 2.27. The molecule has 0 aromatic carbocycles. The first kappa shape index (κ1) is 11.8. The van der Waals surface area contributed by atoms with E-state index in [0.29, 0.717) is 0 Å². The first-order valence-corrected chi connectivity index (χ1v) is 4.07. The highest BCUT2D eigenvalue weighted by atomic mass is 19.3. The minimum absolute atomic E-state index is 0.203. The van der Waals surface area contributed by atoms with Gasteiger partial charge in [0.25, 0.3) is 6.43 Å². The third-order valence-corrected chi connectivity index (χ3v) is 1.85. The summed E-state index contributed by atoms with van der Waals surface area (Å²) < 4.78 is 29.7. The molecule has 0 aliphatic rings. The van der Waals surface area contributed by atoms with Crippen molar-refractivity contribution in [2.45, 2.75) is 6.43 Å². The van der Waals surface area contributed by atoms with Gasteiger partial charge in [-0.05, 0) is 0 Å². The van der Waals surface area contributed by atoms with Gasteiger partial charge >= 0.3 is 5.97 Å². The number of ether oxygens (including phenoxy) is 1. The molecule has 0 unspecified atom stereocenters. The monoisotopic (exact) mass is 227 g/mol. The van der Waals surface area contributed by atoms with E-state index in [1.54, 1.807) is 0 Å². The van der Waals surface area contributed by atoms with E-state index in [1.165, 1.54) is 6.07 Å². The molecule has 0 radical (unpaired) electrons. The maximum absolute atomic E-state index is 12.7. The largest absolute Gasteiger partial charge is 0.464 e. The molecule has 0 spiro atoms. The van der Waals surface area contributed by atoms with Gasteiger partial charge in [-0.25, -0.2) is 18.6 Å². The zero-order valence-electron chi connectivity index (χ0n) is 8.20.